The van der Waals surface area contributed by atoms with Gasteiger partial charge in [-0.25, -0.2) is 0 Å². The molecule has 0 atom stereocenters. The lowest BCUT2D eigenvalue weighted by atomic mass is 9.74. The number of rotatable bonds is 2. The zero-order valence-corrected chi connectivity index (χ0v) is 13.3. The molecule has 1 aromatic rings. The average molecular weight is 294 g/mol. The summed E-state index contributed by atoms with van der Waals surface area (Å²) in [4.78, 5) is 0. The van der Waals surface area contributed by atoms with Crippen molar-refractivity contribution in [3.8, 4) is 0 Å². The Balaban J connectivity index is 2.01. The van der Waals surface area contributed by atoms with Gasteiger partial charge in [0.2, 0.25) is 0 Å². The fourth-order valence-corrected chi connectivity index (χ4v) is 2.74. The standard InChI is InChI=1S/C15H21BClNO2/c1-13(2)14(3,4)20-16(19-13)12-9-10(17)5-6-11(12)15(18)7-8-15/h5-6,9H,7-8,18H2,1-4H3. The number of benzene rings is 1. The van der Waals surface area contributed by atoms with Crippen LogP contribution in [0.15, 0.2) is 18.2 Å². The van der Waals surface area contributed by atoms with Crippen LogP contribution in [0, 0.1) is 0 Å². The molecule has 1 heterocycles. The molecule has 0 amide bonds. The van der Waals surface area contributed by atoms with Gasteiger partial charge in [-0.15, -0.1) is 0 Å². The maximum absolute atomic E-state index is 6.37. The summed E-state index contributed by atoms with van der Waals surface area (Å²) in [7, 11) is -0.408. The van der Waals surface area contributed by atoms with Crippen LogP contribution >= 0.6 is 11.6 Å². The summed E-state index contributed by atoms with van der Waals surface area (Å²) in [5.41, 5.74) is 7.48. The lowest BCUT2D eigenvalue weighted by Crippen LogP contribution is -2.41. The quantitative estimate of drug-likeness (QED) is 0.853. The molecule has 108 valence electrons. The van der Waals surface area contributed by atoms with Crippen LogP contribution in [0.2, 0.25) is 5.02 Å². The second-order valence-corrected chi connectivity index (χ2v) is 7.41. The normalized spacial score (nSPS) is 25.8. The van der Waals surface area contributed by atoms with E-state index in [2.05, 4.69) is 0 Å². The Morgan fingerprint density at radius 1 is 1.10 bits per heavy atom. The predicted molar refractivity (Wildman–Crippen MR) is 82.3 cm³/mol. The van der Waals surface area contributed by atoms with E-state index >= 15 is 0 Å². The maximum Gasteiger partial charge on any atom is 0.495 e. The Hall–Kier alpha value is -0.545. The summed E-state index contributed by atoms with van der Waals surface area (Å²) in [6.07, 6.45) is 2.00. The van der Waals surface area contributed by atoms with Gasteiger partial charge in [0.25, 0.3) is 0 Å². The number of hydrogen-bond donors (Lipinski definition) is 1. The molecule has 0 bridgehead atoms. The van der Waals surface area contributed by atoms with Crippen LogP contribution in [0.5, 0.6) is 0 Å². The molecule has 1 aromatic carbocycles. The fourth-order valence-electron chi connectivity index (χ4n) is 2.56. The highest BCUT2D eigenvalue weighted by Gasteiger charge is 2.54. The van der Waals surface area contributed by atoms with E-state index in [0.29, 0.717) is 5.02 Å². The van der Waals surface area contributed by atoms with Crippen LogP contribution in [0.4, 0.5) is 0 Å². The van der Waals surface area contributed by atoms with E-state index in [9.17, 15) is 0 Å². The van der Waals surface area contributed by atoms with Crippen molar-refractivity contribution >= 4 is 24.2 Å². The number of hydrogen-bond acceptors (Lipinski definition) is 3. The van der Waals surface area contributed by atoms with Gasteiger partial charge in [0.1, 0.15) is 0 Å². The van der Waals surface area contributed by atoms with Crippen LogP contribution < -0.4 is 11.2 Å². The first-order valence-electron chi connectivity index (χ1n) is 7.09. The lowest BCUT2D eigenvalue weighted by Gasteiger charge is -2.32. The molecular weight excluding hydrogens is 272 g/mol. The maximum atomic E-state index is 6.37. The first kappa shape index (κ1) is 14.4. The van der Waals surface area contributed by atoms with Gasteiger partial charge < -0.3 is 15.0 Å². The van der Waals surface area contributed by atoms with Crippen molar-refractivity contribution < 1.29 is 9.31 Å². The van der Waals surface area contributed by atoms with Crippen molar-refractivity contribution in [2.24, 2.45) is 5.73 Å². The van der Waals surface area contributed by atoms with Crippen LogP contribution in [0.25, 0.3) is 0 Å². The highest BCUT2D eigenvalue weighted by Crippen LogP contribution is 2.43. The van der Waals surface area contributed by atoms with Crippen LogP contribution in [0.1, 0.15) is 46.1 Å². The Kier molecular flexibility index (Phi) is 3.05. The SMILES string of the molecule is CC1(C)OB(c2cc(Cl)ccc2C2(N)CC2)OC1(C)C. The molecule has 1 aliphatic heterocycles. The summed E-state index contributed by atoms with van der Waals surface area (Å²) in [6.45, 7) is 8.19. The van der Waals surface area contributed by atoms with Crippen molar-refractivity contribution in [1.29, 1.82) is 0 Å². The third-order valence-corrected chi connectivity index (χ3v) is 5.08. The lowest BCUT2D eigenvalue weighted by molar-refractivity contribution is 0.00578. The third-order valence-electron chi connectivity index (χ3n) is 4.85. The summed E-state index contributed by atoms with van der Waals surface area (Å²) in [5.74, 6) is 0. The van der Waals surface area contributed by atoms with E-state index in [1.807, 2.05) is 45.9 Å². The number of nitrogens with two attached hydrogens (primary N) is 1. The molecule has 2 fully saturated rings. The minimum absolute atomic E-state index is 0.233. The van der Waals surface area contributed by atoms with E-state index in [-0.39, 0.29) is 16.7 Å². The van der Waals surface area contributed by atoms with Crippen molar-refractivity contribution in [1.82, 2.24) is 0 Å². The Morgan fingerprint density at radius 2 is 1.65 bits per heavy atom. The van der Waals surface area contributed by atoms with Gasteiger partial charge in [0.15, 0.2) is 0 Å². The van der Waals surface area contributed by atoms with Gasteiger partial charge in [-0.3, -0.25) is 0 Å². The van der Waals surface area contributed by atoms with Gasteiger partial charge >= 0.3 is 7.12 Å². The third kappa shape index (κ3) is 2.19. The first-order valence-corrected chi connectivity index (χ1v) is 7.47. The Labute approximate surface area is 125 Å². The monoisotopic (exact) mass is 293 g/mol. The van der Waals surface area contributed by atoms with Gasteiger partial charge in [-0.1, -0.05) is 17.7 Å². The van der Waals surface area contributed by atoms with Gasteiger partial charge in [-0.2, -0.15) is 0 Å². The molecule has 1 saturated heterocycles. The molecular formula is C15H21BClNO2. The predicted octanol–water partition coefficient (Wildman–Crippen LogP) is 2.59. The summed E-state index contributed by atoms with van der Waals surface area (Å²) < 4.78 is 12.3. The molecule has 2 N–H and O–H groups in total. The topological polar surface area (TPSA) is 44.5 Å². The molecule has 2 aliphatic rings. The average Bonchev–Trinajstić information content (AvgIpc) is 3.01. The van der Waals surface area contributed by atoms with E-state index in [1.165, 1.54) is 0 Å². The smallest absolute Gasteiger partial charge is 0.399 e. The van der Waals surface area contributed by atoms with Gasteiger partial charge in [0.05, 0.1) is 11.2 Å². The minimum atomic E-state index is -0.408. The zero-order valence-electron chi connectivity index (χ0n) is 12.5. The summed E-state index contributed by atoms with van der Waals surface area (Å²) in [6, 6.07) is 5.82. The Bertz CT molecular complexity index is 539. The second kappa shape index (κ2) is 4.23. The Morgan fingerprint density at radius 3 is 2.15 bits per heavy atom. The van der Waals surface area contributed by atoms with Crippen molar-refractivity contribution in [2.75, 3.05) is 0 Å². The minimum Gasteiger partial charge on any atom is -0.399 e. The summed E-state index contributed by atoms with van der Waals surface area (Å²) >= 11 is 6.16. The number of halogens is 1. The molecule has 0 aromatic heterocycles. The van der Waals surface area contributed by atoms with Crippen LogP contribution in [-0.2, 0) is 14.8 Å². The van der Waals surface area contributed by atoms with E-state index in [1.54, 1.807) is 0 Å². The van der Waals surface area contributed by atoms with E-state index in [4.69, 9.17) is 26.6 Å². The first-order chi connectivity index (χ1) is 9.15. The van der Waals surface area contributed by atoms with Crippen molar-refractivity contribution in [3.63, 3.8) is 0 Å². The van der Waals surface area contributed by atoms with Crippen LogP contribution in [-0.4, -0.2) is 18.3 Å². The largest absolute Gasteiger partial charge is 0.495 e. The van der Waals surface area contributed by atoms with Gasteiger partial charge in [-0.05, 0) is 63.7 Å². The highest BCUT2D eigenvalue weighted by atomic mass is 35.5. The van der Waals surface area contributed by atoms with Crippen LogP contribution in [0.3, 0.4) is 0 Å². The molecule has 20 heavy (non-hydrogen) atoms. The second-order valence-electron chi connectivity index (χ2n) is 6.98. The van der Waals surface area contributed by atoms with Crippen molar-refractivity contribution in [3.05, 3.63) is 28.8 Å². The fraction of sp³-hybridized carbons (Fsp3) is 0.600. The van der Waals surface area contributed by atoms with E-state index in [0.717, 1.165) is 23.9 Å². The zero-order chi connectivity index (χ0) is 14.8. The van der Waals surface area contributed by atoms with Crippen molar-refractivity contribution in [2.45, 2.75) is 57.3 Å². The molecule has 3 rings (SSSR count). The molecule has 5 heteroatoms. The highest BCUT2D eigenvalue weighted by molar-refractivity contribution is 6.63. The molecule has 3 nitrogen and oxygen atoms in total. The van der Waals surface area contributed by atoms with Gasteiger partial charge in [0, 0.05) is 10.6 Å². The van der Waals surface area contributed by atoms with E-state index < -0.39 is 7.12 Å². The molecule has 1 aliphatic carbocycles. The summed E-state index contributed by atoms with van der Waals surface area (Å²) in [5, 5.41) is 0.683. The molecule has 1 saturated carbocycles. The molecule has 0 spiro atoms. The molecule has 0 unspecified atom stereocenters. The molecule has 0 radical (unpaired) electrons.